The summed E-state index contributed by atoms with van der Waals surface area (Å²) < 4.78 is 0. The second-order valence-electron chi connectivity index (χ2n) is 9.13. The Kier molecular flexibility index (Phi) is 4.49. The van der Waals surface area contributed by atoms with Crippen molar-refractivity contribution in [2.75, 3.05) is 39.3 Å². The second-order valence-corrected chi connectivity index (χ2v) is 9.13. The minimum atomic E-state index is 0.293. The highest BCUT2D eigenvalue weighted by Gasteiger charge is 2.50. The molecular formula is C22H31N3O. The fourth-order valence-corrected chi connectivity index (χ4v) is 6.22. The van der Waals surface area contributed by atoms with Gasteiger partial charge in [0.2, 0.25) is 5.91 Å². The molecule has 5 aliphatic rings. The molecule has 1 aliphatic carbocycles. The summed E-state index contributed by atoms with van der Waals surface area (Å²) in [5.41, 5.74) is 1.41. The van der Waals surface area contributed by atoms with E-state index in [2.05, 4.69) is 45.4 Å². The van der Waals surface area contributed by atoms with Crippen molar-refractivity contribution in [2.24, 2.45) is 23.7 Å². The van der Waals surface area contributed by atoms with E-state index in [4.69, 9.17) is 0 Å². The molecular weight excluding hydrogens is 322 g/mol. The van der Waals surface area contributed by atoms with Gasteiger partial charge in [-0.25, -0.2) is 0 Å². The Balaban J connectivity index is 1.12. The number of likely N-dealkylation sites (tertiary alicyclic amines) is 1. The van der Waals surface area contributed by atoms with E-state index in [0.29, 0.717) is 29.7 Å². The fraction of sp³-hybridized carbons (Fsp3) is 0.682. The summed E-state index contributed by atoms with van der Waals surface area (Å²) >= 11 is 0. The SMILES string of the molecule is O=C(NC1CCN(CCc2ccccc2)C1)C1C2CC3C[C@@H]1CN(C3)C2. The van der Waals surface area contributed by atoms with Crippen molar-refractivity contribution in [2.45, 2.75) is 31.7 Å². The molecule has 5 fully saturated rings. The summed E-state index contributed by atoms with van der Waals surface area (Å²) in [5, 5.41) is 3.44. The zero-order valence-electron chi connectivity index (χ0n) is 15.6. The zero-order chi connectivity index (χ0) is 17.5. The highest BCUT2D eigenvalue weighted by atomic mass is 16.2. The van der Waals surface area contributed by atoms with Gasteiger partial charge in [-0.05, 0) is 49.0 Å². The van der Waals surface area contributed by atoms with Crippen molar-refractivity contribution in [3.63, 3.8) is 0 Å². The summed E-state index contributed by atoms with van der Waals surface area (Å²) in [4.78, 5) is 18.2. The van der Waals surface area contributed by atoms with Crippen LogP contribution in [0.25, 0.3) is 0 Å². The largest absolute Gasteiger partial charge is 0.352 e. The molecule has 140 valence electrons. The fourth-order valence-electron chi connectivity index (χ4n) is 6.22. The number of rotatable bonds is 5. The predicted octanol–water partition coefficient (Wildman–Crippen LogP) is 2.01. The number of piperidine rings is 3. The van der Waals surface area contributed by atoms with Gasteiger partial charge in [0.15, 0.2) is 0 Å². The lowest BCUT2D eigenvalue weighted by atomic mass is 9.61. The molecule has 6 rings (SSSR count). The van der Waals surface area contributed by atoms with Gasteiger partial charge in [0.25, 0.3) is 0 Å². The first-order chi connectivity index (χ1) is 12.7. The van der Waals surface area contributed by atoms with Crippen LogP contribution in [0.1, 0.15) is 24.8 Å². The van der Waals surface area contributed by atoms with Gasteiger partial charge < -0.3 is 15.1 Å². The summed E-state index contributed by atoms with van der Waals surface area (Å²) in [7, 11) is 0. The van der Waals surface area contributed by atoms with Crippen LogP contribution in [0.2, 0.25) is 0 Å². The van der Waals surface area contributed by atoms with Crippen LogP contribution in [-0.2, 0) is 11.2 Å². The van der Waals surface area contributed by atoms with E-state index in [1.807, 2.05) is 0 Å². The molecule has 4 aliphatic heterocycles. The van der Waals surface area contributed by atoms with Crippen molar-refractivity contribution < 1.29 is 4.79 Å². The number of carbonyl (C=O) groups excluding carboxylic acids is 1. The summed E-state index contributed by atoms with van der Waals surface area (Å²) in [6, 6.07) is 11.1. The monoisotopic (exact) mass is 353 g/mol. The van der Waals surface area contributed by atoms with Gasteiger partial charge in [-0.1, -0.05) is 30.3 Å². The molecule has 1 saturated carbocycles. The number of benzene rings is 1. The van der Waals surface area contributed by atoms with Gasteiger partial charge in [0, 0.05) is 51.2 Å². The number of hydrogen-bond acceptors (Lipinski definition) is 3. The Morgan fingerprint density at radius 1 is 1.04 bits per heavy atom. The lowest BCUT2D eigenvalue weighted by Gasteiger charge is -2.55. The van der Waals surface area contributed by atoms with Crippen LogP contribution in [0.5, 0.6) is 0 Å². The first-order valence-electron chi connectivity index (χ1n) is 10.5. The molecule has 0 spiro atoms. The lowest BCUT2D eigenvalue weighted by molar-refractivity contribution is -0.141. The Labute approximate surface area is 156 Å². The molecule has 4 heteroatoms. The van der Waals surface area contributed by atoms with Crippen LogP contribution in [-0.4, -0.2) is 61.0 Å². The average Bonchev–Trinajstić information content (AvgIpc) is 3.07. The third-order valence-corrected chi connectivity index (χ3v) is 7.27. The summed E-state index contributed by atoms with van der Waals surface area (Å²) in [6.45, 7) is 6.86. The molecule has 1 N–H and O–H groups in total. The molecule has 6 atom stereocenters. The lowest BCUT2D eigenvalue weighted by Crippen LogP contribution is -2.61. The predicted molar refractivity (Wildman–Crippen MR) is 103 cm³/mol. The van der Waals surface area contributed by atoms with Gasteiger partial charge in [0.05, 0.1) is 0 Å². The Hall–Kier alpha value is -1.39. The van der Waals surface area contributed by atoms with Crippen molar-refractivity contribution in [1.82, 2.24) is 15.1 Å². The maximum Gasteiger partial charge on any atom is 0.224 e. The van der Waals surface area contributed by atoms with E-state index in [9.17, 15) is 4.79 Å². The van der Waals surface area contributed by atoms with Crippen LogP contribution in [0.4, 0.5) is 0 Å². The minimum Gasteiger partial charge on any atom is -0.352 e. The summed E-state index contributed by atoms with van der Waals surface area (Å²) in [5.74, 6) is 2.78. The third kappa shape index (κ3) is 3.29. The van der Waals surface area contributed by atoms with Crippen molar-refractivity contribution >= 4 is 5.91 Å². The minimum absolute atomic E-state index is 0.293. The number of nitrogens with one attached hydrogen (secondary N) is 1. The number of hydrogen-bond donors (Lipinski definition) is 1. The Morgan fingerprint density at radius 2 is 1.81 bits per heavy atom. The van der Waals surface area contributed by atoms with Gasteiger partial charge in [-0.3, -0.25) is 4.79 Å². The Morgan fingerprint density at radius 3 is 2.54 bits per heavy atom. The standard InChI is InChI=1S/C22H31N3O/c26-22(21-18-10-17-11-19(21)14-25(12-17)13-18)23-20-7-9-24(15-20)8-6-16-4-2-1-3-5-16/h1-5,17-21H,6-15H2,(H,23,26)/t17?,18-,19?,20?,21?/m1/s1. The smallest absolute Gasteiger partial charge is 0.224 e. The van der Waals surface area contributed by atoms with E-state index in [-0.39, 0.29) is 0 Å². The topological polar surface area (TPSA) is 35.6 Å². The molecule has 4 nitrogen and oxygen atoms in total. The third-order valence-electron chi connectivity index (χ3n) is 7.27. The highest BCUT2D eigenvalue weighted by Crippen LogP contribution is 2.47. The molecule has 4 heterocycles. The zero-order valence-corrected chi connectivity index (χ0v) is 15.6. The van der Waals surface area contributed by atoms with Crippen LogP contribution in [0.3, 0.4) is 0 Å². The molecule has 5 unspecified atom stereocenters. The second kappa shape index (κ2) is 6.97. The molecule has 0 radical (unpaired) electrons. The molecule has 26 heavy (non-hydrogen) atoms. The molecule has 4 bridgehead atoms. The van der Waals surface area contributed by atoms with Gasteiger partial charge in [-0.2, -0.15) is 0 Å². The van der Waals surface area contributed by atoms with E-state index < -0.39 is 0 Å². The molecule has 1 amide bonds. The highest BCUT2D eigenvalue weighted by molar-refractivity contribution is 5.80. The normalized spacial score (nSPS) is 38.6. The Bertz CT molecular complexity index is 618. The van der Waals surface area contributed by atoms with Gasteiger partial charge >= 0.3 is 0 Å². The van der Waals surface area contributed by atoms with Crippen LogP contribution >= 0.6 is 0 Å². The van der Waals surface area contributed by atoms with Crippen LogP contribution in [0, 0.1) is 23.7 Å². The molecule has 1 aromatic rings. The number of carbonyl (C=O) groups is 1. The van der Waals surface area contributed by atoms with Gasteiger partial charge in [0.1, 0.15) is 0 Å². The number of nitrogens with zero attached hydrogens (tertiary/aromatic N) is 2. The number of amides is 1. The molecule has 4 saturated heterocycles. The van der Waals surface area contributed by atoms with Crippen LogP contribution in [0.15, 0.2) is 30.3 Å². The first-order valence-corrected chi connectivity index (χ1v) is 10.5. The van der Waals surface area contributed by atoms with Gasteiger partial charge in [-0.15, -0.1) is 0 Å². The van der Waals surface area contributed by atoms with E-state index in [0.717, 1.165) is 38.4 Å². The molecule has 1 aromatic carbocycles. The maximum absolute atomic E-state index is 13.0. The van der Waals surface area contributed by atoms with E-state index in [1.165, 1.54) is 38.0 Å². The summed E-state index contributed by atoms with van der Waals surface area (Å²) in [6.07, 6.45) is 4.79. The van der Waals surface area contributed by atoms with Crippen molar-refractivity contribution in [3.8, 4) is 0 Å². The average molecular weight is 354 g/mol. The van der Waals surface area contributed by atoms with Crippen molar-refractivity contribution in [1.29, 1.82) is 0 Å². The van der Waals surface area contributed by atoms with Crippen molar-refractivity contribution in [3.05, 3.63) is 35.9 Å². The first kappa shape index (κ1) is 16.8. The van der Waals surface area contributed by atoms with E-state index in [1.54, 1.807) is 0 Å². The molecule has 0 aromatic heterocycles. The van der Waals surface area contributed by atoms with E-state index >= 15 is 0 Å². The van der Waals surface area contributed by atoms with Crippen LogP contribution < -0.4 is 5.32 Å². The maximum atomic E-state index is 13.0. The quantitative estimate of drug-likeness (QED) is 0.880.